The SMILES string of the molecule is CN(CCc1csc(N)n1)Cc1ccco1. The molecule has 0 spiro atoms. The van der Waals surface area contributed by atoms with Crippen LogP contribution in [0.1, 0.15) is 11.5 Å². The first-order valence-corrected chi connectivity index (χ1v) is 6.03. The molecule has 2 rings (SSSR count). The molecule has 16 heavy (non-hydrogen) atoms. The lowest BCUT2D eigenvalue weighted by Crippen LogP contribution is -2.20. The number of nitrogen functional groups attached to an aromatic ring is 1. The van der Waals surface area contributed by atoms with Crippen molar-refractivity contribution in [1.29, 1.82) is 0 Å². The summed E-state index contributed by atoms with van der Waals surface area (Å²) in [5.41, 5.74) is 6.64. The maximum atomic E-state index is 5.57. The summed E-state index contributed by atoms with van der Waals surface area (Å²) in [4.78, 5) is 6.43. The molecular weight excluding hydrogens is 222 g/mol. The summed E-state index contributed by atoms with van der Waals surface area (Å²) >= 11 is 1.49. The molecule has 0 bridgehead atoms. The molecule has 0 unspecified atom stereocenters. The van der Waals surface area contributed by atoms with E-state index in [1.54, 1.807) is 6.26 Å². The first-order chi connectivity index (χ1) is 7.74. The molecule has 2 aromatic heterocycles. The van der Waals surface area contributed by atoms with Gasteiger partial charge in [-0.2, -0.15) is 0 Å². The van der Waals surface area contributed by atoms with E-state index in [1.165, 1.54) is 11.3 Å². The number of hydrogen-bond donors (Lipinski definition) is 1. The molecular formula is C11H15N3OS. The second-order valence-electron chi connectivity index (χ2n) is 3.74. The molecule has 2 heterocycles. The zero-order valence-electron chi connectivity index (χ0n) is 9.22. The highest BCUT2D eigenvalue weighted by Crippen LogP contribution is 2.12. The van der Waals surface area contributed by atoms with Gasteiger partial charge in [0.25, 0.3) is 0 Å². The van der Waals surface area contributed by atoms with E-state index in [1.807, 2.05) is 17.5 Å². The van der Waals surface area contributed by atoms with Crippen LogP contribution in [0, 0.1) is 0 Å². The molecule has 0 aromatic carbocycles. The Hall–Kier alpha value is -1.33. The van der Waals surface area contributed by atoms with E-state index in [9.17, 15) is 0 Å². The molecule has 0 aliphatic heterocycles. The maximum Gasteiger partial charge on any atom is 0.180 e. The zero-order valence-corrected chi connectivity index (χ0v) is 10.0. The van der Waals surface area contributed by atoms with Gasteiger partial charge in [-0.15, -0.1) is 11.3 Å². The van der Waals surface area contributed by atoms with E-state index in [4.69, 9.17) is 10.2 Å². The molecule has 86 valence electrons. The number of hydrogen-bond acceptors (Lipinski definition) is 5. The molecule has 5 heteroatoms. The minimum atomic E-state index is 0.642. The van der Waals surface area contributed by atoms with Crippen LogP contribution in [0.25, 0.3) is 0 Å². The summed E-state index contributed by atoms with van der Waals surface area (Å²) in [6.45, 7) is 1.77. The minimum Gasteiger partial charge on any atom is -0.468 e. The number of aromatic nitrogens is 1. The highest BCUT2D eigenvalue weighted by molar-refractivity contribution is 7.13. The van der Waals surface area contributed by atoms with E-state index in [-0.39, 0.29) is 0 Å². The summed E-state index contributed by atoms with van der Waals surface area (Å²) in [6.07, 6.45) is 2.62. The van der Waals surface area contributed by atoms with Crippen molar-refractivity contribution in [2.45, 2.75) is 13.0 Å². The fourth-order valence-corrected chi connectivity index (χ4v) is 2.09. The van der Waals surface area contributed by atoms with Gasteiger partial charge >= 0.3 is 0 Å². The monoisotopic (exact) mass is 237 g/mol. The van der Waals surface area contributed by atoms with Crippen molar-refractivity contribution in [2.24, 2.45) is 0 Å². The third-order valence-corrected chi connectivity index (χ3v) is 3.05. The van der Waals surface area contributed by atoms with Gasteiger partial charge in [0.15, 0.2) is 5.13 Å². The fourth-order valence-electron chi connectivity index (χ4n) is 1.49. The molecule has 0 amide bonds. The van der Waals surface area contributed by atoms with Crippen LogP contribution < -0.4 is 5.73 Å². The predicted octanol–water partition coefficient (Wildman–Crippen LogP) is 1.99. The van der Waals surface area contributed by atoms with E-state index >= 15 is 0 Å². The molecule has 0 fully saturated rings. The Kier molecular flexibility index (Phi) is 3.58. The first-order valence-electron chi connectivity index (χ1n) is 5.15. The number of furan rings is 1. The minimum absolute atomic E-state index is 0.642. The van der Waals surface area contributed by atoms with Gasteiger partial charge < -0.3 is 10.2 Å². The molecule has 4 nitrogen and oxygen atoms in total. The molecule has 0 radical (unpaired) electrons. The maximum absolute atomic E-state index is 5.57. The van der Waals surface area contributed by atoms with Crippen LogP contribution in [0.4, 0.5) is 5.13 Å². The summed E-state index contributed by atoms with van der Waals surface area (Å²) in [5.74, 6) is 0.986. The highest BCUT2D eigenvalue weighted by Gasteiger charge is 2.04. The van der Waals surface area contributed by atoms with E-state index in [0.29, 0.717) is 5.13 Å². The van der Waals surface area contributed by atoms with Gasteiger partial charge in [-0.3, -0.25) is 4.90 Å². The average molecular weight is 237 g/mol. The van der Waals surface area contributed by atoms with Crippen LogP contribution in [-0.2, 0) is 13.0 Å². The van der Waals surface area contributed by atoms with Gasteiger partial charge in [-0.05, 0) is 19.2 Å². The van der Waals surface area contributed by atoms with Crippen molar-refractivity contribution in [2.75, 3.05) is 19.3 Å². The second kappa shape index (κ2) is 5.14. The standard InChI is InChI=1S/C11H15N3OS/c1-14(7-10-3-2-6-15-10)5-4-9-8-16-11(12)13-9/h2-3,6,8H,4-5,7H2,1H3,(H2,12,13). The number of anilines is 1. The van der Waals surface area contributed by atoms with Gasteiger partial charge in [-0.25, -0.2) is 4.98 Å². The van der Waals surface area contributed by atoms with Gasteiger partial charge in [0.1, 0.15) is 5.76 Å². The van der Waals surface area contributed by atoms with Crippen molar-refractivity contribution in [3.8, 4) is 0 Å². The van der Waals surface area contributed by atoms with E-state index < -0.39 is 0 Å². The average Bonchev–Trinajstić information content (AvgIpc) is 2.87. The van der Waals surface area contributed by atoms with Crippen LogP contribution in [0.3, 0.4) is 0 Å². The van der Waals surface area contributed by atoms with Crippen LogP contribution in [-0.4, -0.2) is 23.5 Å². The van der Waals surface area contributed by atoms with Crippen LogP contribution >= 0.6 is 11.3 Å². The molecule has 0 saturated heterocycles. The summed E-state index contributed by atoms with van der Waals surface area (Å²) in [7, 11) is 2.07. The highest BCUT2D eigenvalue weighted by atomic mass is 32.1. The number of likely N-dealkylation sites (N-methyl/N-ethyl adjacent to an activating group) is 1. The predicted molar refractivity (Wildman–Crippen MR) is 65.3 cm³/mol. The van der Waals surface area contributed by atoms with Crippen LogP contribution in [0.2, 0.25) is 0 Å². The van der Waals surface area contributed by atoms with Crippen molar-refractivity contribution in [3.05, 3.63) is 35.2 Å². The number of rotatable bonds is 5. The smallest absolute Gasteiger partial charge is 0.180 e. The lowest BCUT2D eigenvalue weighted by Gasteiger charge is -2.13. The summed E-state index contributed by atoms with van der Waals surface area (Å²) in [5, 5.41) is 2.65. The quantitative estimate of drug-likeness (QED) is 0.864. The van der Waals surface area contributed by atoms with Gasteiger partial charge in [0.2, 0.25) is 0 Å². The fraction of sp³-hybridized carbons (Fsp3) is 0.364. The largest absolute Gasteiger partial charge is 0.468 e. The lowest BCUT2D eigenvalue weighted by atomic mass is 10.3. The number of thiazole rings is 1. The third kappa shape index (κ3) is 3.08. The summed E-state index contributed by atoms with van der Waals surface area (Å²) in [6, 6.07) is 3.89. The Labute approximate surface area is 98.7 Å². The van der Waals surface area contributed by atoms with E-state index in [2.05, 4.69) is 16.9 Å². The Balaban J connectivity index is 1.77. The van der Waals surface area contributed by atoms with Gasteiger partial charge in [0.05, 0.1) is 18.5 Å². The third-order valence-electron chi connectivity index (χ3n) is 2.33. The molecule has 0 saturated carbocycles. The van der Waals surface area contributed by atoms with Crippen molar-refractivity contribution in [3.63, 3.8) is 0 Å². The van der Waals surface area contributed by atoms with Crippen molar-refractivity contribution >= 4 is 16.5 Å². The zero-order chi connectivity index (χ0) is 11.4. The van der Waals surface area contributed by atoms with Crippen molar-refractivity contribution < 1.29 is 4.42 Å². The first kappa shape index (κ1) is 11.2. The Morgan fingerprint density at radius 1 is 1.56 bits per heavy atom. The van der Waals surface area contributed by atoms with Gasteiger partial charge in [0, 0.05) is 18.3 Å². The topological polar surface area (TPSA) is 55.3 Å². The second-order valence-corrected chi connectivity index (χ2v) is 4.63. The van der Waals surface area contributed by atoms with E-state index in [0.717, 1.165) is 31.0 Å². The molecule has 0 aliphatic carbocycles. The van der Waals surface area contributed by atoms with Crippen LogP contribution in [0.5, 0.6) is 0 Å². The lowest BCUT2D eigenvalue weighted by molar-refractivity contribution is 0.297. The van der Waals surface area contributed by atoms with Gasteiger partial charge in [-0.1, -0.05) is 0 Å². The normalized spacial score (nSPS) is 11.1. The van der Waals surface area contributed by atoms with Crippen LogP contribution in [0.15, 0.2) is 28.2 Å². The Bertz CT molecular complexity index is 424. The number of nitrogens with two attached hydrogens (primary N) is 1. The molecule has 2 N–H and O–H groups in total. The Morgan fingerprint density at radius 2 is 2.44 bits per heavy atom. The molecule has 0 atom stereocenters. The van der Waals surface area contributed by atoms with Crippen molar-refractivity contribution in [1.82, 2.24) is 9.88 Å². The summed E-state index contributed by atoms with van der Waals surface area (Å²) < 4.78 is 5.29. The Morgan fingerprint density at radius 3 is 3.06 bits per heavy atom. The number of nitrogens with zero attached hydrogens (tertiary/aromatic N) is 2. The molecule has 0 aliphatic rings. The molecule has 2 aromatic rings.